The molecule has 35 heavy (non-hydrogen) atoms. The lowest BCUT2D eigenvalue weighted by Crippen LogP contribution is -2.26. The van der Waals surface area contributed by atoms with Crippen molar-refractivity contribution >= 4 is 33.5 Å². The second-order valence-electron chi connectivity index (χ2n) is 7.75. The lowest BCUT2D eigenvalue weighted by Gasteiger charge is -2.14. The summed E-state index contributed by atoms with van der Waals surface area (Å²) in [6, 6.07) is 22.7. The van der Waals surface area contributed by atoms with Crippen molar-refractivity contribution in [3.05, 3.63) is 95.6 Å². The van der Waals surface area contributed by atoms with Crippen molar-refractivity contribution in [3.8, 4) is 11.1 Å². The number of amides is 1. The van der Waals surface area contributed by atoms with Crippen molar-refractivity contribution < 1.29 is 13.2 Å². The van der Waals surface area contributed by atoms with Gasteiger partial charge in [0.25, 0.3) is 0 Å². The van der Waals surface area contributed by atoms with Gasteiger partial charge < -0.3 is 16.8 Å². The minimum absolute atomic E-state index is 0.0706. The Morgan fingerprint density at radius 2 is 1.74 bits per heavy atom. The van der Waals surface area contributed by atoms with Crippen LogP contribution in [-0.4, -0.2) is 39.9 Å². The van der Waals surface area contributed by atoms with Crippen LogP contribution in [0, 0.1) is 0 Å². The van der Waals surface area contributed by atoms with E-state index in [4.69, 9.17) is 11.5 Å². The molecule has 0 saturated carbocycles. The Kier molecular flexibility index (Phi) is 8.77. The monoisotopic (exact) mass is 491 g/mol. The highest BCUT2D eigenvalue weighted by Crippen LogP contribution is 2.28. The molecule has 0 saturated heterocycles. The Hall–Kier alpha value is -3.95. The quantitative estimate of drug-likeness (QED) is 0.305. The first-order valence-electron chi connectivity index (χ1n) is 11.0. The van der Waals surface area contributed by atoms with Gasteiger partial charge >= 0.3 is 0 Å². The molecule has 0 heterocycles. The van der Waals surface area contributed by atoms with Crippen molar-refractivity contribution in [2.24, 2.45) is 16.5 Å². The summed E-state index contributed by atoms with van der Waals surface area (Å²) < 4.78 is 25.8. The van der Waals surface area contributed by atoms with E-state index in [0.29, 0.717) is 23.5 Å². The normalized spacial score (nSPS) is 12.1. The largest absolute Gasteiger partial charge is 0.398 e. The zero-order chi connectivity index (χ0) is 25.3. The first kappa shape index (κ1) is 25.7. The number of nitrogens with one attached hydrogen (secondary N) is 2. The van der Waals surface area contributed by atoms with Crippen molar-refractivity contribution in [1.82, 2.24) is 4.72 Å². The van der Waals surface area contributed by atoms with E-state index in [0.717, 1.165) is 22.3 Å². The molecular weight excluding hydrogens is 462 g/mol. The Labute approximate surface area is 205 Å². The molecular formula is C26H29N5O3S. The van der Waals surface area contributed by atoms with Gasteiger partial charge in [0.05, 0.1) is 12.3 Å². The molecule has 0 bridgehead atoms. The minimum Gasteiger partial charge on any atom is -0.398 e. The molecule has 182 valence electrons. The molecule has 0 fully saturated rings. The number of hydrogen-bond donors (Lipinski definition) is 4. The van der Waals surface area contributed by atoms with E-state index in [9.17, 15) is 13.2 Å². The van der Waals surface area contributed by atoms with Crippen LogP contribution in [0.5, 0.6) is 0 Å². The number of primary amides is 1. The van der Waals surface area contributed by atoms with Crippen LogP contribution in [0.2, 0.25) is 0 Å². The number of carbonyl (C=O) groups is 1. The van der Waals surface area contributed by atoms with Gasteiger partial charge in [-0.15, -0.1) is 0 Å². The number of sulfonamides is 1. The second kappa shape index (κ2) is 12.0. The Morgan fingerprint density at radius 3 is 2.46 bits per heavy atom. The highest BCUT2D eigenvalue weighted by molar-refractivity contribution is 7.89. The van der Waals surface area contributed by atoms with E-state index in [1.807, 2.05) is 54.6 Å². The topological polar surface area (TPSA) is 140 Å². The highest BCUT2D eigenvalue weighted by Gasteiger charge is 2.10. The summed E-state index contributed by atoms with van der Waals surface area (Å²) >= 11 is 0. The van der Waals surface area contributed by atoms with Crippen LogP contribution < -0.4 is 21.5 Å². The summed E-state index contributed by atoms with van der Waals surface area (Å²) in [5.41, 5.74) is 16.9. The summed E-state index contributed by atoms with van der Waals surface area (Å²) in [6.07, 6.45) is 3.30. The lowest BCUT2D eigenvalue weighted by atomic mass is 10.00. The molecule has 0 aliphatic heterocycles. The van der Waals surface area contributed by atoms with Crippen LogP contribution in [0.4, 0.5) is 5.69 Å². The van der Waals surface area contributed by atoms with Crippen LogP contribution in [0.15, 0.2) is 83.9 Å². The van der Waals surface area contributed by atoms with E-state index in [1.54, 1.807) is 30.5 Å². The van der Waals surface area contributed by atoms with Gasteiger partial charge in [-0.3, -0.25) is 9.79 Å². The van der Waals surface area contributed by atoms with Crippen LogP contribution in [0.1, 0.15) is 21.5 Å². The third-order valence-electron chi connectivity index (χ3n) is 5.28. The molecule has 0 aliphatic carbocycles. The molecule has 6 N–H and O–H groups in total. The third kappa shape index (κ3) is 7.53. The maximum atomic E-state index is 11.8. The fraction of sp³-hybridized carbons (Fsp3) is 0.154. The number of benzene rings is 3. The van der Waals surface area contributed by atoms with Crippen molar-refractivity contribution in [2.45, 2.75) is 6.54 Å². The average Bonchev–Trinajstić information content (AvgIpc) is 2.87. The van der Waals surface area contributed by atoms with Gasteiger partial charge in [-0.2, -0.15) is 0 Å². The smallest absolute Gasteiger partial charge is 0.248 e. The van der Waals surface area contributed by atoms with E-state index in [2.05, 4.69) is 15.0 Å². The number of rotatable bonds is 11. The van der Waals surface area contributed by atoms with Crippen LogP contribution in [-0.2, 0) is 16.6 Å². The van der Waals surface area contributed by atoms with E-state index >= 15 is 0 Å². The van der Waals surface area contributed by atoms with Crippen molar-refractivity contribution in [1.29, 1.82) is 0 Å². The highest BCUT2D eigenvalue weighted by atomic mass is 32.2. The van der Waals surface area contributed by atoms with Crippen LogP contribution in [0.3, 0.4) is 0 Å². The Morgan fingerprint density at radius 1 is 0.971 bits per heavy atom. The molecule has 3 aromatic rings. The lowest BCUT2D eigenvalue weighted by molar-refractivity contribution is 0.1000. The third-order valence-corrected chi connectivity index (χ3v) is 6.64. The average molecular weight is 492 g/mol. The number of allylic oxidation sites excluding steroid dienone is 1. The van der Waals surface area contributed by atoms with Crippen LogP contribution >= 0.6 is 0 Å². The van der Waals surface area contributed by atoms with Gasteiger partial charge in [-0.1, -0.05) is 48.5 Å². The maximum Gasteiger partial charge on any atom is 0.248 e. The number of nitrogens with zero attached hydrogens (tertiary/aromatic N) is 1. The molecule has 0 unspecified atom stereocenters. The molecule has 0 spiro atoms. The van der Waals surface area contributed by atoms with Crippen LogP contribution in [0.25, 0.3) is 16.8 Å². The Bertz CT molecular complexity index is 1340. The summed E-state index contributed by atoms with van der Waals surface area (Å²) in [7, 11) is -1.95. The first-order chi connectivity index (χ1) is 16.8. The number of anilines is 1. The number of hydrogen-bond acceptors (Lipinski definition) is 6. The van der Waals surface area contributed by atoms with Gasteiger partial charge in [0.2, 0.25) is 15.9 Å². The second-order valence-corrected chi connectivity index (χ2v) is 9.80. The van der Waals surface area contributed by atoms with Gasteiger partial charge in [0.1, 0.15) is 0 Å². The number of nitrogens with two attached hydrogens (primary N) is 2. The molecule has 3 aromatic carbocycles. The minimum atomic E-state index is -3.33. The van der Waals surface area contributed by atoms with Gasteiger partial charge in [-0.25, -0.2) is 13.1 Å². The van der Waals surface area contributed by atoms with E-state index < -0.39 is 15.9 Å². The summed E-state index contributed by atoms with van der Waals surface area (Å²) in [5, 5.41) is 3.17. The summed E-state index contributed by atoms with van der Waals surface area (Å²) in [5.74, 6) is -0.556. The summed E-state index contributed by atoms with van der Waals surface area (Å²) in [6.45, 7) is 0.584. The molecule has 3 rings (SSSR count). The number of aliphatic imine (C=N–C) groups is 1. The summed E-state index contributed by atoms with van der Waals surface area (Å²) in [4.78, 5) is 15.7. The maximum absolute atomic E-state index is 11.8. The Balaban J connectivity index is 1.82. The number of carbonyl (C=O) groups excluding carboxylic acids is 1. The standard InChI is InChI=1S/C26H29N5O3S/c1-29-35(33,34)15-14-31-25-11-10-21(20-7-3-2-4-8-20)17-23(25)24(27)12-13-30-18-19-6-5-9-22(16-19)26(28)32/h2-13,16-17,29,31H,14-15,18,27H2,1H3,(H2,28,32). The molecule has 0 aliphatic rings. The molecule has 0 atom stereocenters. The van der Waals surface area contributed by atoms with E-state index in [1.165, 1.54) is 7.05 Å². The molecule has 1 amide bonds. The predicted molar refractivity (Wildman–Crippen MR) is 143 cm³/mol. The molecule has 0 radical (unpaired) electrons. The zero-order valence-electron chi connectivity index (χ0n) is 19.4. The predicted octanol–water partition coefficient (Wildman–Crippen LogP) is 2.98. The first-order valence-corrected chi connectivity index (χ1v) is 12.6. The van der Waals surface area contributed by atoms with Gasteiger partial charge in [0.15, 0.2) is 0 Å². The molecule has 0 aromatic heterocycles. The fourth-order valence-electron chi connectivity index (χ4n) is 3.37. The fourth-order valence-corrected chi connectivity index (χ4v) is 3.95. The molecule has 9 heteroatoms. The van der Waals surface area contributed by atoms with Crippen molar-refractivity contribution in [2.75, 3.05) is 24.7 Å². The van der Waals surface area contributed by atoms with E-state index in [-0.39, 0.29) is 12.3 Å². The van der Waals surface area contributed by atoms with Crippen molar-refractivity contribution in [3.63, 3.8) is 0 Å². The SMILES string of the molecule is CNS(=O)(=O)CCNc1ccc(-c2ccccc2)cc1C(N)=CC=NCc1cccc(C(N)=O)c1. The van der Waals surface area contributed by atoms with Gasteiger partial charge in [-0.05, 0) is 54.1 Å². The molecule has 8 nitrogen and oxygen atoms in total. The van der Waals surface area contributed by atoms with Gasteiger partial charge in [0, 0.05) is 35.3 Å². The zero-order valence-corrected chi connectivity index (χ0v) is 20.3.